The minimum Gasteiger partial charge on any atom is -0.433 e. The van der Waals surface area contributed by atoms with E-state index in [0.29, 0.717) is 31.4 Å². The van der Waals surface area contributed by atoms with E-state index in [-0.39, 0.29) is 6.08 Å². The normalized spacial score (nSPS) is 22.4. The fourth-order valence-electron chi connectivity index (χ4n) is 3.15. The highest BCUT2D eigenvalue weighted by Gasteiger charge is 2.43. The highest BCUT2D eigenvalue weighted by atomic mass is 19.3. The molecule has 1 aliphatic heterocycles. The summed E-state index contributed by atoms with van der Waals surface area (Å²) >= 11 is 0. The molecule has 0 bridgehead atoms. The first-order valence-corrected chi connectivity index (χ1v) is 10.8. The highest BCUT2D eigenvalue weighted by Crippen LogP contribution is 2.37. The van der Waals surface area contributed by atoms with Gasteiger partial charge in [0.25, 0.3) is 0 Å². The number of halogens is 7. The van der Waals surface area contributed by atoms with Crippen LogP contribution in [0, 0.1) is 5.92 Å². The van der Waals surface area contributed by atoms with Crippen LogP contribution in [0.25, 0.3) is 0 Å². The average molecular weight is 499 g/mol. The van der Waals surface area contributed by atoms with Crippen LogP contribution in [0.3, 0.4) is 0 Å². The van der Waals surface area contributed by atoms with E-state index in [2.05, 4.69) is 24.5 Å². The van der Waals surface area contributed by atoms with Gasteiger partial charge in [-0.25, -0.2) is 22.0 Å². The van der Waals surface area contributed by atoms with Crippen LogP contribution in [0.2, 0.25) is 0 Å². The number of alkyl halides is 3. The molecule has 1 saturated heterocycles. The Hall–Kier alpha value is -2.29. The van der Waals surface area contributed by atoms with Crippen molar-refractivity contribution in [2.24, 2.45) is 5.92 Å². The van der Waals surface area contributed by atoms with Crippen LogP contribution in [0.1, 0.15) is 53.4 Å². The van der Waals surface area contributed by atoms with Crippen molar-refractivity contribution in [2.75, 3.05) is 6.61 Å². The second-order valence-corrected chi connectivity index (χ2v) is 7.77. The smallest absolute Gasteiger partial charge is 0.428 e. The third kappa shape index (κ3) is 9.91. The summed E-state index contributed by atoms with van der Waals surface area (Å²) < 4.78 is 108. The maximum Gasteiger partial charge on any atom is 0.428 e. The van der Waals surface area contributed by atoms with Crippen LogP contribution < -0.4 is 0 Å². The molecular formula is C25H33F7O2. The van der Waals surface area contributed by atoms with Gasteiger partial charge in [0.1, 0.15) is 23.3 Å². The molecule has 0 aromatic rings. The van der Waals surface area contributed by atoms with Gasteiger partial charge in [0.15, 0.2) is 17.5 Å². The standard InChI is InChI=1S/C23H29F7O2.C2H4/c1-6-17(11-19(27)22(28)16(5)25)32-23(29,30)21(15(4)24)18(26)10-14(3)20-9-7-8-13(2)12-31-20;1-2/h10-11,13,15,20H,5-9,12H2,1-4H3;1-2H2/b14-10+,17-11+,21-18-,22-19-;. The van der Waals surface area contributed by atoms with Gasteiger partial charge in [-0.2, -0.15) is 8.78 Å². The maximum absolute atomic E-state index is 14.8. The Kier molecular flexibility index (Phi) is 13.9. The largest absolute Gasteiger partial charge is 0.433 e. The van der Waals surface area contributed by atoms with Gasteiger partial charge < -0.3 is 9.47 Å². The molecule has 0 radical (unpaired) electrons. The Morgan fingerprint density at radius 2 is 1.71 bits per heavy atom. The number of ether oxygens (including phenoxy) is 2. The monoisotopic (exact) mass is 498 g/mol. The summed E-state index contributed by atoms with van der Waals surface area (Å²) in [5.74, 6) is -7.70. The van der Waals surface area contributed by atoms with E-state index in [0.717, 1.165) is 18.9 Å². The molecule has 0 aliphatic carbocycles. The fourth-order valence-corrected chi connectivity index (χ4v) is 3.15. The highest BCUT2D eigenvalue weighted by molar-refractivity contribution is 5.31. The maximum atomic E-state index is 14.8. The summed E-state index contributed by atoms with van der Waals surface area (Å²) in [4.78, 5) is 0. The second kappa shape index (κ2) is 14.9. The van der Waals surface area contributed by atoms with Gasteiger partial charge in [0, 0.05) is 19.1 Å². The molecule has 1 aliphatic rings. The van der Waals surface area contributed by atoms with Crippen molar-refractivity contribution in [3.63, 3.8) is 0 Å². The molecule has 3 atom stereocenters. The van der Waals surface area contributed by atoms with Gasteiger partial charge in [-0.1, -0.05) is 26.8 Å². The molecule has 0 amide bonds. The zero-order chi connectivity index (χ0) is 26.6. The Balaban J connectivity index is 0.00000529. The molecule has 2 nitrogen and oxygen atoms in total. The predicted octanol–water partition coefficient (Wildman–Crippen LogP) is 9.06. The van der Waals surface area contributed by atoms with E-state index in [1.54, 1.807) is 0 Å². The molecule has 1 rings (SSSR count). The van der Waals surface area contributed by atoms with Gasteiger partial charge in [-0.15, -0.1) is 13.2 Å². The predicted molar refractivity (Wildman–Crippen MR) is 120 cm³/mol. The van der Waals surface area contributed by atoms with E-state index in [4.69, 9.17) is 4.74 Å². The van der Waals surface area contributed by atoms with Crippen molar-refractivity contribution < 1.29 is 40.2 Å². The van der Waals surface area contributed by atoms with Crippen molar-refractivity contribution >= 4 is 0 Å². The van der Waals surface area contributed by atoms with Crippen molar-refractivity contribution in [3.8, 4) is 0 Å². The molecule has 0 aromatic heterocycles. The summed E-state index contributed by atoms with van der Waals surface area (Å²) in [5.41, 5.74) is -1.31. The van der Waals surface area contributed by atoms with Crippen molar-refractivity contribution in [1.29, 1.82) is 0 Å². The lowest BCUT2D eigenvalue weighted by atomic mass is 10.0. The minimum atomic E-state index is -4.53. The lowest BCUT2D eigenvalue weighted by Gasteiger charge is -2.24. The molecule has 0 N–H and O–H groups in total. The average Bonchev–Trinajstić information content (AvgIpc) is 2.97. The number of hydrogen-bond acceptors (Lipinski definition) is 2. The van der Waals surface area contributed by atoms with E-state index in [9.17, 15) is 30.7 Å². The van der Waals surface area contributed by atoms with Crippen molar-refractivity contribution in [2.45, 2.75) is 71.8 Å². The van der Waals surface area contributed by atoms with Crippen molar-refractivity contribution in [3.05, 3.63) is 72.1 Å². The molecule has 0 spiro atoms. The summed E-state index contributed by atoms with van der Waals surface area (Å²) in [6.07, 6.45) is -4.67. The van der Waals surface area contributed by atoms with Crippen LogP contribution in [0.5, 0.6) is 0 Å². The molecule has 194 valence electrons. The van der Waals surface area contributed by atoms with Gasteiger partial charge in [-0.3, -0.25) is 0 Å². The molecule has 0 saturated carbocycles. The topological polar surface area (TPSA) is 18.5 Å². The fraction of sp³-hybridized carbons (Fsp3) is 0.520. The van der Waals surface area contributed by atoms with E-state index in [1.165, 1.54) is 13.8 Å². The number of rotatable bonds is 9. The van der Waals surface area contributed by atoms with Crippen LogP contribution in [0.15, 0.2) is 72.1 Å². The molecule has 1 heterocycles. The third-order valence-electron chi connectivity index (χ3n) is 4.92. The lowest BCUT2D eigenvalue weighted by molar-refractivity contribution is -0.190. The van der Waals surface area contributed by atoms with Gasteiger partial charge in [-0.05, 0) is 44.3 Å². The Morgan fingerprint density at radius 1 is 1.12 bits per heavy atom. The first-order chi connectivity index (χ1) is 15.8. The molecular weight excluding hydrogens is 465 g/mol. The third-order valence-corrected chi connectivity index (χ3v) is 4.92. The molecule has 3 unspecified atom stereocenters. The van der Waals surface area contributed by atoms with Gasteiger partial charge in [0.05, 0.1) is 6.10 Å². The van der Waals surface area contributed by atoms with Crippen molar-refractivity contribution in [1.82, 2.24) is 0 Å². The Morgan fingerprint density at radius 3 is 2.21 bits per heavy atom. The molecule has 1 fully saturated rings. The van der Waals surface area contributed by atoms with E-state index >= 15 is 0 Å². The molecule has 0 aromatic carbocycles. The van der Waals surface area contributed by atoms with Crippen LogP contribution >= 0.6 is 0 Å². The van der Waals surface area contributed by atoms with E-state index < -0.39 is 59.4 Å². The number of allylic oxidation sites excluding steroid dienone is 7. The number of hydrogen-bond donors (Lipinski definition) is 0. The van der Waals surface area contributed by atoms with Crippen LogP contribution in [-0.4, -0.2) is 25.0 Å². The first-order valence-electron chi connectivity index (χ1n) is 10.8. The summed E-state index contributed by atoms with van der Waals surface area (Å²) in [5, 5.41) is 0. The van der Waals surface area contributed by atoms with Gasteiger partial charge >= 0.3 is 6.11 Å². The second-order valence-electron chi connectivity index (χ2n) is 7.77. The zero-order valence-electron chi connectivity index (χ0n) is 20.0. The zero-order valence-corrected chi connectivity index (χ0v) is 20.0. The molecule has 9 heteroatoms. The van der Waals surface area contributed by atoms with Gasteiger partial charge in [0.2, 0.25) is 0 Å². The Bertz CT molecular complexity index is 810. The first kappa shape index (κ1) is 31.7. The SMILES string of the molecule is C=C.C=C(F)/C(F)=C(F)\C=C(/CC)OC(F)(F)/C(=C(F)/C=C(\C)C1CCCC(C)CO1)C(C)F. The van der Waals surface area contributed by atoms with E-state index in [1.807, 2.05) is 6.92 Å². The van der Waals surface area contributed by atoms with Crippen LogP contribution in [-0.2, 0) is 9.47 Å². The lowest BCUT2D eigenvalue weighted by Crippen LogP contribution is -2.29. The quantitative estimate of drug-likeness (QED) is 0.137. The Labute approximate surface area is 197 Å². The summed E-state index contributed by atoms with van der Waals surface area (Å²) in [6.45, 7) is 14.4. The summed E-state index contributed by atoms with van der Waals surface area (Å²) in [7, 11) is 0. The molecule has 34 heavy (non-hydrogen) atoms. The minimum absolute atomic E-state index is 0.175. The summed E-state index contributed by atoms with van der Waals surface area (Å²) in [6, 6.07) is 0. The van der Waals surface area contributed by atoms with Crippen LogP contribution in [0.4, 0.5) is 30.7 Å².